The first-order valence-corrected chi connectivity index (χ1v) is 6.18. The standard InChI is InChI=1S/C11H12ClF3N4O/c12-7-5-8-9(17-6-7)19(2-4-20-3-1-16)10(18-8)11(13,14)15/h5-6H,1-4,16H2. The fraction of sp³-hybridized carbons (Fsp3) is 0.455. The summed E-state index contributed by atoms with van der Waals surface area (Å²) in [5.41, 5.74) is 5.47. The van der Waals surface area contributed by atoms with Crippen LogP contribution in [-0.2, 0) is 17.5 Å². The highest BCUT2D eigenvalue weighted by molar-refractivity contribution is 6.31. The molecule has 5 nitrogen and oxygen atoms in total. The first-order valence-electron chi connectivity index (χ1n) is 5.80. The normalized spacial score (nSPS) is 12.2. The lowest BCUT2D eigenvalue weighted by molar-refractivity contribution is -0.147. The Labute approximate surface area is 117 Å². The monoisotopic (exact) mass is 308 g/mol. The Kier molecular flexibility index (Phi) is 4.46. The van der Waals surface area contributed by atoms with Crippen LogP contribution in [0.25, 0.3) is 11.2 Å². The van der Waals surface area contributed by atoms with E-state index < -0.39 is 12.0 Å². The number of halogens is 4. The van der Waals surface area contributed by atoms with Gasteiger partial charge in [-0.3, -0.25) is 0 Å². The maximum Gasteiger partial charge on any atom is 0.449 e. The third kappa shape index (κ3) is 3.20. The number of hydrogen-bond acceptors (Lipinski definition) is 4. The molecule has 2 aromatic heterocycles. The van der Waals surface area contributed by atoms with Crippen molar-refractivity contribution in [2.45, 2.75) is 12.7 Å². The third-order valence-electron chi connectivity index (χ3n) is 2.53. The van der Waals surface area contributed by atoms with Crippen molar-refractivity contribution < 1.29 is 17.9 Å². The highest BCUT2D eigenvalue weighted by atomic mass is 35.5. The summed E-state index contributed by atoms with van der Waals surface area (Å²) in [7, 11) is 0. The number of nitrogens with zero attached hydrogens (tertiary/aromatic N) is 3. The van der Waals surface area contributed by atoms with Crippen LogP contribution in [-0.4, -0.2) is 34.3 Å². The molecular formula is C11H12ClF3N4O. The molecule has 0 fully saturated rings. The Morgan fingerprint density at radius 1 is 1.35 bits per heavy atom. The summed E-state index contributed by atoms with van der Waals surface area (Å²) in [6.07, 6.45) is -3.29. The highest BCUT2D eigenvalue weighted by Gasteiger charge is 2.37. The number of ether oxygens (including phenoxy) is 1. The summed E-state index contributed by atoms with van der Waals surface area (Å²) in [6, 6.07) is 1.34. The first kappa shape index (κ1) is 15.0. The molecule has 0 spiro atoms. The molecule has 0 aliphatic carbocycles. The van der Waals surface area contributed by atoms with Gasteiger partial charge in [-0.1, -0.05) is 11.6 Å². The highest BCUT2D eigenvalue weighted by Crippen LogP contribution is 2.31. The van der Waals surface area contributed by atoms with Crippen LogP contribution < -0.4 is 5.73 Å². The van der Waals surface area contributed by atoms with E-state index in [2.05, 4.69) is 9.97 Å². The Morgan fingerprint density at radius 2 is 2.10 bits per heavy atom. The lowest BCUT2D eigenvalue weighted by Crippen LogP contribution is -2.18. The van der Waals surface area contributed by atoms with Crippen molar-refractivity contribution in [3.8, 4) is 0 Å². The van der Waals surface area contributed by atoms with E-state index in [1.54, 1.807) is 0 Å². The number of imidazole rings is 1. The molecule has 0 unspecified atom stereocenters. The summed E-state index contributed by atoms with van der Waals surface area (Å²) in [5.74, 6) is -1.02. The quantitative estimate of drug-likeness (QED) is 0.859. The Balaban J connectivity index is 2.37. The molecule has 0 aliphatic rings. The van der Waals surface area contributed by atoms with Crippen molar-refractivity contribution in [1.82, 2.24) is 14.5 Å². The lowest BCUT2D eigenvalue weighted by atomic mass is 10.4. The van der Waals surface area contributed by atoms with Crippen LogP contribution in [0.5, 0.6) is 0 Å². The molecule has 0 saturated carbocycles. The van der Waals surface area contributed by atoms with Gasteiger partial charge in [0.15, 0.2) is 5.65 Å². The molecule has 0 saturated heterocycles. The number of fused-ring (bicyclic) bond motifs is 1. The molecule has 0 radical (unpaired) electrons. The number of alkyl halides is 3. The zero-order chi connectivity index (χ0) is 14.8. The number of pyridine rings is 1. The second-order valence-electron chi connectivity index (χ2n) is 3.98. The molecule has 0 atom stereocenters. The largest absolute Gasteiger partial charge is 0.449 e. The van der Waals surface area contributed by atoms with Gasteiger partial charge >= 0.3 is 6.18 Å². The van der Waals surface area contributed by atoms with Gasteiger partial charge in [-0.25, -0.2) is 9.97 Å². The number of rotatable bonds is 5. The van der Waals surface area contributed by atoms with Crippen molar-refractivity contribution in [2.75, 3.05) is 19.8 Å². The molecule has 110 valence electrons. The summed E-state index contributed by atoms with van der Waals surface area (Å²) in [6.45, 7) is 0.675. The van der Waals surface area contributed by atoms with E-state index in [0.29, 0.717) is 6.54 Å². The molecule has 20 heavy (non-hydrogen) atoms. The van der Waals surface area contributed by atoms with Crippen LogP contribution in [0, 0.1) is 0 Å². The Bertz CT molecular complexity index is 599. The maximum absolute atomic E-state index is 13.0. The first-order chi connectivity index (χ1) is 9.43. The zero-order valence-corrected chi connectivity index (χ0v) is 11.1. The minimum absolute atomic E-state index is 0.0139. The Hall–Kier alpha value is -1.38. The van der Waals surface area contributed by atoms with Crippen molar-refractivity contribution >= 4 is 22.8 Å². The fourth-order valence-corrected chi connectivity index (χ4v) is 1.91. The average Bonchev–Trinajstić information content (AvgIpc) is 2.72. The van der Waals surface area contributed by atoms with Crippen molar-refractivity contribution in [1.29, 1.82) is 0 Å². The second kappa shape index (κ2) is 5.94. The predicted octanol–water partition coefficient (Wildman–Crippen LogP) is 2.08. The van der Waals surface area contributed by atoms with Gasteiger partial charge in [-0.2, -0.15) is 13.2 Å². The van der Waals surface area contributed by atoms with Crippen LogP contribution in [0.3, 0.4) is 0 Å². The molecule has 9 heteroatoms. The van der Waals surface area contributed by atoms with Gasteiger partial charge in [-0.05, 0) is 6.07 Å². The molecule has 2 N–H and O–H groups in total. The average molecular weight is 309 g/mol. The van der Waals surface area contributed by atoms with Crippen LogP contribution in [0.4, 0.5) is 13.2 Å². The molecule has 2 rings (SSSR count). The van der Waals surface area contributed by atoms with Gasteiger partial charge in [0.1, 0.15) is 5.52 Å². The molecule has 0 amide bonds. The van der Waals surface area contributed by atoms with E-state index in [-0.39, 0.29) is 35.9 Å². The van der Waals surface area contributed by atoms with Gasteiger partial charge in [0.2, 0.25) is 5.82 Å². The van der Waals surface area contributed by atoms with E-state index in [1.165, 1.54) is 12.3 Å². The van der Waals surface area contributed by atoms with Gasteiger partial charge in [0.25, 0.3) is 0 Å². The number of nitrogens with two attached hydrogens (primary N) is 1. The van der Waals surface area contributed by atoms with E-state index in [0.717, 1.165) is 4.57 Å². The Morgan fingerprint density at radius 3 is 2.75 bits per heavy atom. The van der Waals surface area contributed by atoms with E-state index in [9.17, 15) is 13.2 Å². The van der Waals surface area contributed by atoms with Gasteiger partial charge in [-0.15, -0.1) is 0 Å². The summed E-state index contributed by atoms with van der Waals surface area (Å²) in [4.78, 5) is 7.46. The summed E-state index contributed by atoms with van der Waals surface area (Å²) in [5, 5.41) is 0.232. The van der Waals surface area contributed by atoms with Gasteiger partial charge < -0.3 is 15.0 Å². The minimum atomic E-state index is -4.57. The van der Waals surface area contributed by atoms with Crippen LogP contribution in [0.2, 0.25) is 5.02 Å². The third-order valence-corrected chi connectivity index (χ3v) is 2.73. The smallest absolute Gasteiger partial charge is 0.378 e. The van der Waals surface area contributed by atoms with Crippen LogP contribution >= 0.6 is 11.6 Å². The molecular weight excluding hydrogens is 297 g/mol. The van der Waals surface area contributed by atoms with Crippen LogP contribution in [0.1, 0.15) is 5.82 Å². The van der Waals surface area contributed by atoms with Crippen molar-refractivity contribution in [2.24, 2.45) is 5.73 Å². The van der Waals surface area contributed by atoms with E-state index >= 15 is 0 Å². The second-order valence-corrected chi connectivity index (χ2v) is 4.42. The van der Waals surface area contributed by atoms with Crippen molar-refractivity contribution in [3.05, 3.63) is 23.1 Å². The SMILES string of the molecule is NCCOCCn1c(C(F)(F)F)nc2cc(Cl)cnc21. The molecule has 2 heterocycles. The zero-order valence-electron chi connectivity index (χ0n) is 10.3. The fourth-order valence-electron chi connectivity index (χ4n) is 1.76. The molecule has 2 aromatic rings. The van der Waals surface area contributed by atoms with Crippen molar-refractivity contribution in [3.63, 3.8) is 0 Å². The van der Waals surface area contributed by atoms with Crippen LogP contribution in [0.15, 0.2) is 12.3 Å². The van der Waals surface area contributed by atoms with E-state index in [1.807, 2.05) is 0 Å². The molecule has 0 aliphatic heterocycles. The summed E-state index contributed by atoms with van der Waals surface area (Å²) < 4.78 is 44.9. The van der Waals surface area contributed by atoms with Gasteiger partial charge in [0.05, 0.1) is 18.2 Å². The summed E-state index contributed by atoms with van der Waals surface area (Å²) >= 11 is 5.71. The predicted molar refractivity (Wildman–Crippen MR) is 67.4 cm³/mol. The molecule has 0 bridgehead atoms. The number of aromatic nitrogens is 3. The minimum Gasteiger partial charge on any atom is -0.378 e. The van der Waals surface area contributed by atoms with E-state index in [4.69, 9.17) is 22.1 Å². The number of hydrogen-bond donors (Lipinski definition) is 1. The van der Waals surface area contributed by atoms with Gasteiger partial charge in [0, 0.05) is 19.3 Å². The lowest BCUT2D eigenvalue weighted by Gasteiger charge is -2.10. The molecule has 0 aromatic carbocycles. The maximum atomic E-state index is 13.0. The topological polar surface area (TPSA) is 66.0 Å².